The molecule has 12 heteroatoms. The molecule has 0 bridgehead atoms. The molecule has 68 heavy (non-hydrogen) atoms. The Hall–Kier alpha value is -5.61. The summed E-state index contributed by atoms with van der Waals surface area (Å²) in [5, 5.41) is 15.7. The van der Waals surface area contributed by atoms with E-state index in [1.165, 1.54) is 6.92 Å². The Morgan fingerprint density at radius 3 is 1.19 bits per heavy atom. The summed E-state index contributed by atoms with van der Waals surface area (Å²) in [4.78, 5) is 13.1. The van der Waals surface area contributed by atoms with Crippen molar-refractivity contribution in [2.24, 2.45) is 0 Å². The molecule has 2 aliphatic rings. The molecular weight excluding hydrogens is 863 g/mol. The molecule has 10 atom stereocenters. The van der Waals surface area contributed by atoms with E-state index in [-0.39, 0.29) is 52.2 Å². The average Bonchev–Trinajstić information content (AvgIpc) is 3.38. The minimum Gasteiger partial charge on any atom is -0.385 e. The number of ether oxygens (including phenoxy) is 9. The van der Waals surface area contributed by atoms with Gasteiger partial charge < -0.3 is 53.1 Å². The molecule has 0 aliphatic carbocycles. The van der Waals surface area contributed by atoms with Gasteiger partial charge >= 0.3 is 0 Å². The lowest BCUT2D eigenvalue weighted by Gasteiger charge is -2.49. The smallest absolute Gasteiger partial charge is 0.217 e. The van der Waals surface area contributed by atoms with E-state index in [4.69, 9.17) is 42.6 Å². The van der Waals surface area contributed by atoms with Gasteiger partial charge in [-0.15, -0.1) is 0 Å². The maximum Gasteiger partial charge on any atom is 0.217 e. The van der Waals surface area contributed by atoms with Crippen molar-refractivity contribution in [1.29, 1.82) is 0 Å². The van der Waals surface area contributed by atoms with Crippen LogP contribution in [0, 0.1) is 0 Å². The first kappa shape index (κ1) is 48.8. The van der Waals surface area contributed by atoms with Crippen LogP contribution in [0.25, 0.3) is 0 Å². The maximum absolute atomic E-state index is 13.1. The molecule has 2 heterocycles. The lowest BCUT2D eigenvalue weighted by Crippen LogP contribution is -2.68. The highest BCUT2D eigenvalue weighted by molar-refractivity contribution is 5.73. The zero-order chi connectivity index (χ0) is 46.8. The van der Waals surface area contributed by atoms with Crippen LogP contribution in [0.5, 0.6) is 0 Å². The molecule has 2 N–H and O–H groups in total. The van der Waals surface area contributed by atoms with Crippen molar-refractivity contribution in [1.82, 2.24) is 5.32 Å². The molecule has 0 saturated carbocycles. The fraction of sp³-hybridized carbons (Fsp3) is 0.339. The predicted octanol–water partition coefficient (Wildman–Crippen LogP) is 8.09. The lowest BCUT2D eigenvalue weighted by atomic mass is 9.94. The number of rotatable bonds is 23. The van der Waals surface area contributed by atoms with Gasteiger partial charge in [-0.05, 0) is 33.4 Å². The largest absolute Gasteiger partial charge is 0.385 e. The third-order valence-corrected chi connectivity index (χ3v) is 11.8. The van der Waals surface area contributed by atoms with Gasteiger partial charge in [0, 0.05) is 6.92 Å². The second kappa shape index (κ2) is 25.7. The van der Waals surface area contributed by atoms with Gasteiger partial charge in [-0.1, -0.05) is 182 Å². The molecule has 0 spiro atoms. The molecule has 8 rings (SSSR count). The monoisotopic (exact) mass is 923 g/mol. The van der Waals surface area contributed by atoms with Crippen LogP contribution in [0.4, 0.5) is 0 Å². The summed E-state index contributed by atoms with van der Waals surface area (Å²) in [6.45, 7) is 2.89. The number of amides is 1. The number of benzene rings is 6. The van der Waals surface area contributed by atoms with Crippen molar-refractivity contribution in [2.75, 3.05) is 13.2 Å². The summed E-state index contributed by atoms with van der Waals surface area (Å²) in [6, 6.07) is 57.8. The number of aliphatic hydroxyl groups is 1. The number of nitrogens with one attached hydrogen (secondary N) is 1. The van der Waals surface area contributed by atoms with Crippen molar-refractivity contribution < 1.29 is 52.5 Å². The summed E-state index contributed by atoms with van der Waals surface area (Å²) in [7, 11) is 0. The summed E-state index contributed by atoms with van der Waals surface area (Å²) in [5.41, 5.74) is 5.62. The first-order chi connectivity index (χ1) is 33.5. The number of hydrogen-bond acceptors (Lipinski definition) is 11. The summed E-state index contributed by atoms with van der Waals surface area (Å²) >= 11 is 0. The van der Waals surface area contributed by atoms with Crippen LogP contribution in [0.2, 0.25) is 0 Å². The van der Waals surface area contributed by atoms with Gasteiger partial charge in [0.1, 0.15) is 48.8 Å². The molecular formula is C56H61NO11. The van der Waals surface area contributed by atoms with Gasteiger partial charge in [-0.25, -0.2) is 0 Å². The molecule has 1 amide bonds. The van der Waals surface area contributed by atoms with Crippen LogP contribution in [-0.4, -0.2) is 85.6 Å². The summed E-state index contributed by atoms with van der Waals surface area (Å²) < 4.78 is 60.2. The van der Waals surface area contributed by atoms with Gasteiger partial charge in [0.25, 0.3) is 0 Å². The van der Waals surface area contributed by atoms with Crippen molar-refractivity contribution in [3.8, 4) is 0 Å². The topological polar surface area (TPSA) is 132 Å². The Morgan fingerprint density at radius 2 is 0.779 bits per heavy atom. The third kappa shape index (κ3) is 14.2. The van der Waals surface area contributed by atoms with Crippen molar-refractivity contribution in [3.05, 3.63) is 215 Å². The molecule has 6 aromatic carbocycles. The molecule has 12 nitrogen and oxygen atoms in total. The molecule has 2 aliphatic heterocycles. The Kier molecular flexibility index (Phi) is 18.4. The van der Waals surface area contributed by atoms with Gasteiger partial charge in [-0.3, -0.25) is 4.79 Å². The van der Waals surface area contributed by atoms with E-state index in [0.717, 1.165) is 33.4 Å². The fourth-order valence-corrected chi connectivity index (χ4v) is 8.41. The van der Waals surface area contributed by atoms with Crippen LogP contribution < -0.4 is 5.32 Å². The maximum atomic E-state index is 13.1. The SMILES string of the molecule is CC(=O)N[C@H]1[C@@H](OCc2ccccc2)O[C@H](COCc2ccccc2)[C@@H](O[C@@H]2O[C@H](COCc3ccccc3)[C@@H](OCc3ccccc3)[C@H](OCc3ccccc3)[C@H]2O)[C@@H]1OCc1ccccc1. The van der Waals surface area contributed by atoms with Crippen LogP contribution in [0.15, 0.2) is 182 Å². The van der Waals surface area contributed by atoms with E-state index in [9.17, 15) is 9.90 Å². The summed E-state index contributed by atoms with van der Waals surface area (Å²) in [5.74, 6) is -0.324. The Morgan fingerprint density at radius 1 is 0.441 bits per heavy atom. The first-order valence-corrected chi connectivity index (χ1v) is 23.2. The molecule has 356 valence electrons. The number of aliphatic hydroxyl groups excluding tert-OH is 1. The standard InChI is InChI=1S/C56H61NO11/c1-40(58)57-49-53(63-35-44-26-14-5-15-27-44)52(48(39-61-33-42-22-10-3-11-23-42)66-55(49)65-37-46-30-18-7-19-31-46)68-56-50(59)54(64-36-45-28-16-6-17-29-45)51(62-34-43-24-12-4-13-25-43)47(67-56)38-60-32-41-20-8-2-9-21-41/h2-31,47-56,59H,32-39H2,1H3,(H,57,58)/t47-,48-,49-,50-,51-,52-,53-,54-,55+,56+/m1/s1. The van der Waals surface area contributed by atoms with Gasteiger partial charge in [0.05, 0.1) is 52.9 Å². The fourth-order valence-electron chi connectivity index (χ4n) is 8.41. The summed E-state index contributed by atoms with van der Waals surface area (Å²) in [6.07, 6.45) is -9.05. The van der Waals surface area contributed by atoms with Crippen LogP contribution in [0.1, 0.15) is 40.3 Å². The van der Waals surface area contributed by atoms with Gasteiger partial charge in [-0.2, -0.15) is 0 Å². The zero-order valence-corrected chi connectivity index (χ0v) is 38.3. The van der Waals surface area contributed by atoms with Crippen LogP contribution in [0.3, 0.4) is 0 Å². The lowest BCUT2D eigenvalue weighted by molar-refractivity contribution is -0.360. The minimum absolute atomic E-state index is 0.0337. The quantitative estimate of drug-likeness (QED) is 0.0647. The molecule has 2 fully saturated rings. The van der Waals surface area contributed by atoms with Crippen molar-refractivity contribution >= 4 is 5.91 Å². The minimum atomic E-state index is -1.39. The first-order valence-electron chi connectivity index (χ1n) is 23.2. The van der Waals surface area contributed by atoms with E-state index in [0.29, 0.717) is 6.61 Å². The second-order valence-electron chi connectivity index (χ2n) is 17.0. The van der Waals surface area contributed by atoms with Crippen molar-refractivity contribution in [3.63, 3.8) is 0 Å². The number of carbonyl (C=O) groups excluding carboxylic acids is 1. The van der Waals surface area contributed by atoms with E-state index in [1.807, 2.05) is 182 Å². The van der Waals surface area contributed by atoms with E-state index >= 15 is 0 Å². The van der Waals surface area contributed by atoms with E-state index in [1.54, 1.807) is 0 Å². The highest BCUT2D eigenvalue weighted by Gasteiger charge is 2.53. The van der Waals surface area contributed by atoms with Gasteiger partial charge in [0.2, 0.25) is 5.91 Å². The van der Waals surface area contributed by atoms with Gasteiger partial charge in [0.15, 0.2) is 12.6 Å². The Labute approximate surface area is 399 Å². The van der Waals surface area contributed by atoms with Crippen LogP contribution >= 0.6 is 0 Å². The highest BCUT2D eigenvalue weighted by Crippen LogP contribution is 2.35. The molecule has 0 radical (unpaired) electrons. The molecule has 0 unspecified atom stereocenters. The molecule has 2 saturated heterocycles. The Bertz CT molecular complexity index is 2330. The van der Waals surface area contributed by atoms with Crippen molar-refractivity contribution in [2.45, 2.75) is 108 Å². The second-order valence-corrected chi connectivity index (χ2v) is 17.0. The highest BCUT2D eigenvalue weighted by atomic mass is 16.7. The molecule has 6 aromatic rings. The third-order valence-electron chi connectivity index (χ3n) is 11.8. The van der Waals surface area contributed by atoms with Crippen LogP contribution in [-0.2, 0) is 87.1 Å². The molecule has 0 aromatic heterocycles. The van der Waals surface area contributed by atoms with E-state index < -0.39 is 61.3 Å². The normalized spacial score (nSPS) is 24.9. The predicted molar refractivity (Wildman–Crippen MR) is 254 cm³/mol. The average molecular weight is 924 g/mol. The number of hydrogen-bond donors (Lipinski definition) is 2. The zero-order valence-electron chi connectivity index (χ0n) is 38.3. The number of carbonyl (C=O) groups is 1. The Balaban J connectivity index is 1.14. The van der Waals surface area contributed by atoms with E-state index in [2.05, 4.69) is 5.32 Å².